The highest BCUT2D eigenvalue weighted by Gasteiger charge is 2.32. The molecule has 0 radical (unpaired) electrons. The van der Waals surface area contributed by atoms with Gasteiger partial charge in [0.25, 0.3) is 0 Å². The third-order valence-corrected chi connectivity index (χ3v) is 6.88. The predicted molar refractivity (Wildman–Crippen MR) is 128 cm³/mol. The van der Waals surface area contributed by atoms with Crippen molar-refractivity contribution in [2.45, 2.75) is 96.2 Å². The second kappa shape index (κ2) is 13.7. The van der Waals surface area contributed by atoms with Crippen molar-refractivity contribution < 1.29 is 27.1 Å². The molecule has 7 heteroatoms. The number of amides is 1. The molecule has 1 atom stereocenters. The van der Waals surface area contributed by atoms with Gasteiger partial charge in [-0.25, -0.2) is 4.39 Å². The molecule has 1 aromatic carbocycles. The topological polar surface area (TPSA) is 38.3 Å². The van der Waals surface area contributed by atoms with Gasteiger partial charge in [0.05, 0.1) is 7.11 Å². The molecule has 192 valence electrons. The lowest BCUT2D eigenvalue weighted by Gasteiger charge is -2.29. The van der Waals surface area contributed by atoms with Gasteiger partial charge in [0, 0.05) is 17.7 Å². The van der Waals surface area contributed by atoms with Crippen LogP contribution in [0.25, 0.3) is 5.57 Å². The van der Waals surface area contributed by atoms with Crippen LogP contribution in [-0.4, -0.2) is 25.2 Å². The van der Waals surface area contributed by atoms with E-state index in [9.17, 15) is 22.4 Å². The molecule has 0 bridgehead atoms. The van der Waals surface area contributed by atoms with E-state index in [1.807, 2.05) is 0 Å². The van der Waals surface area contributed by atoms with Crippen LogP contribution in [0.3, 0.4) is 0 Å². The fourth-order valence-electron chi connectivity index (χ4n) is 5.05. The van der Waals surface area contributed by atoms with Crippen LogP contribution in [-0.2, 0) is 4.79 Å². The maximum Gasteiger partial charge on any atom is 0.397 e. The van der Waals surface area contributed by atoms with E-state index in [1.54, 1.807) is 13.2 Å². The normalized spacial score (nSPS) is 19.5. The number of unbranched alkanes of at least 4 members (excludes halogenated alkanes) is 2. The lowest BCUT2D eigenvalue weighted by atomic mass is 9.82. The number of allylic oxidation sites excluding steroid dienone is 1. The van der Waals surface area contributed by atoms with E-state index in [1.165, 1.54) is 12.1 Å². The summed E-state index contributed by atoms with van der Waals surface area (Å²) in [5, 5.41) is 2.54. The van der Waals surface area contributed by atoms with Crippen molar-refractivity contribution >= 4 is 11.5 Å². The van der Waals surface area contributed by atoms with Gasteiger partial charge in [0.1, 0.15) is 18.0 Å². The molecular formula is C27H39F4NO2. The highest BCUT2D eigenvalue weighted by Crippen LogP contribution is 2.36. The highest BCUT2D eigenvalue weighted by molar-refractivity contribution is 5.76. The maximum absolute atomic E-state index is 13.6. The summed E-state index contributed by atoms with van der Waals surface area (Å²) in [7, 11) is 1.55. The van der Waals surface area contributed by atoms with Gasteiger partial charge in [-0.1, -0.05) is 45.6 Å². The summed E-state index contributed by atoms with van der Waals surface area (Å²) in [6.07, 6.45) is 5.15. The van der Waals surface area contributed by atoms with Gasteiger partial charge in [-0.05, 0) is 68.1 Å². The van der Waals surface area contributed by atoms with E-state index in [-0.39, 0.29) is 11.9 Å². The smallest absolute Gasteiger partial charge is 0.397 e. The van der Waals surface area contributed by atoms with Crippen LogP contribution in [0.4, 0.5) is 17.6 Å². The third kappa shape index (κ3) is 9.67. The fraction of sp³-hybridized carbons (Fsp3) is 0.667. The van der Waals surface area contributed by atoms with Crippen LogP contribution in [0.5, 0.6) is 5.75 Å². The Kier molecular flexibility index (Phi) is 11.4. The van der Waals surface area contributed by atoms with Crippen LogP contribution in [0.15, 0.2) is 24.8 Å². The van der Waals surface area contributed by atoms with Crippen molar-refractivity contribution in [2.75, 3.05) is 7.11 Å². The number of alkyl halides is 3. The average Bonchev–Trinajstić information content (AvgIpc) is 2.77. The van der Waals surface area contributed by atoms with Gasteiger partial charge in [-0.3, -0.25) is 4.79 Å². The zero-order valence-corrected chi connectivity index (χ0v) is 20.5. The molecule has 1 N–H and O–H groups in total. The first-order chi connectivity index (χ1) is 16.1. The molecule has 1 aliphatic rings. The van der Waals surface area contributed by atoms with Crippen molar-refractivity contribution in [2.24, 2.45) is 11.8 Å². The molecule has 1 fully saturated rings. The van der Waals surface area contributed by atoms with E-state index >= 15 is 0 Å². The quantitative estimate of drug-likeness (QED) is 0.228. The Bertz CT molecular complexity index is 785. The largest absolute Gasteiger partial charge is 0.496 e. The minimum atomic E-state index is -4.45. The number of methoxy groups -OCH3 is 1. The second-order valence-electron chi connectivity index (χ2n) is 9.57. The van der Waals surface area contributed by atoms with Crippen molar-refractivity contribution in [1.29, 1.82) is 0 Å². The molecule has 0 aliphatic heterocycles. The number of carbonyl (C=O) groups is 1. The molecule has 1 unspecified atom stereocenters. The molecule has 1 aromatic rings. The average molecular weight is 486 g/mol. The van der Waals surface area contributed by atoms with E-state index in [0.29, 0.717) is 17.6 Å². The summed E-state index contributed by atoms with van der Waals surface area (Å²) in [5.41, 5.74) is 1.88. The van der Waals surface area contributed by atoms with Crippen LogP contribution in [0.2, 0.25) is 0 Å². The Morgan fingerprint density at radius 1 is 1.15 bits per heavy atom. The van der Waals surface area contributed by atoms with E-state index < -0.39 is 18.5 Å². The SMILES string of the molecule is C=C(c1ccc(F)cc1OC)C(CCC)CCCCCC1CCC(NC(=O)CC(F)(F)F)CC1. The minimum absolute atomic E-state index is 0.129. The van der Waals surface area contributed by atoms with Crippen LogP contribution < -0.4 is 10.1 Å². The molecule has 0 spiro atoms. The van der Waals surface area contributed by atoms with Gasteiger partial charge in [0.2, 0.25) is 5.91 Å². The predicted octanol–water partition coefficient (Wildman–Crippen LogP) is 7.84. The molecule has 0 aromatic heterocycles. The molecule has 34 heavy (non-hydrogen) atoms. The van der Waals surface area contributed by atoms with E-state index in [4.69, 9.17) is 4.74 Å². The summed E-state index contributed by atoms with van der Waals surface area (Å²) in [6.45, 7) is 6.46. The number of hydrogen-bond acceptors (Lipinski definition) is 2. The number of halogens is 4. The van der Waals surface area contributed by atoms with Gasteiger partial charge in [-0.2, -0.15) is 13.2 Å². The molecule has 0 saturated heterocycles. The number of hydrogen-bond donors (Lipinski definition) is 1. The van der Waals surface area contributed by atoms with Crippen molar-refractivity contribution in [3.63, 3.8) is 0 Å². The molecule has 2 rings (SSSR count). The minimum Gasteiger partial charge on any atom is -0.496 e. The summed E-state index contributed by atoms with van der Waals surface area (Å²) < 4.78 is 55.9. The third-order valence-electron chi connectivity index (χ3n) is 6.88. The lowest BCUT2D eigenvalue weighted by molar-refractivity contribution is -0.154. The first-order valence-electron chi connectivity index (χ1n) is 12.5. The molecular weight excluding hydrogens is 446 g/mol. The monoisotopic (exact) mass is 485 g/mol. The summed E-state index contributed by atoms with van der Waals surface area (Å²) in [4.78, 5) is 11.5. The van der Waals surface area contributed by atoms with Crippen LogP contribution >= 0.6 is 0 Å². The summed E-state index contributed by atoms with van der Waals surface area (Å²) in [6, 6.07) is 4.47. The maximum atomic E-state index is 13.6. The van der Waals surface area contributed by atoms with Crippen molar-refractivity contribution in [3.05, 3.63) is 36.2 Å². The van der Waals surface area contributed by atoms with Crippen molar-refractivity contribution in [1.82, 2.24) is 5.32 Å². The van der Waals surface area contributed by atoms with Gasteiger partial charge >= 0.3 is 6.18 Å². The van der Waals surface area contributed by atoms with Crippen molar-refractivity contribution in [3.8, 4) is 5.75 Å². The second-order valence-corrected chi connectivity index (χ2v) is 9.57. The molecule has 3 nitrogen and oxygen atoms in total. The molecule has 1 amide bonds. The number of nitrogens with one attached hydrogen (secondary N) is 1. The van der Waals surface area contributed by atoms with Crippen LogP contribution in [0, 0.1) is 17.7 Å². The molecule has 1 saturated carbocycles. The Hall–Kier alpha value is -2.05. The Morgan fingerprint density at radius 2 is 1.85 bits per heavy atom. The number of benzene rings is 1. The summed E-state index contributed by atoms with van der Waals surface area (Å²) >= 11 is 0. The Labute approximate surface area is 201 Å². The van der Waals surface area contributed by atoms with E-state index in [2.05, 4.69) is 18.8 Å². The fourth-order valence-corrected chi connectivity index (χ4v) is 5.05. The standard InChI is InChI=1S/C27H39F4NO2/c1-4-8-21(19(2)24-16-13-22(28)17-25(24)34-3)10-7-5-6-9-20-11-14-23(15-12-20)32-26(33)18-27(29,30)31/h13,16-17,20-21,23H,2,4-12,14-15,18H2,1,3H3,(H,32,33). The Morgan fingerprint density at radius 3 is 2.47 bits per heavy atom. The lowest BCUT2D eigenvalue weighted by Crippen LogP contribution is -2.39. The zero-order valence-electron chi connectivity index (χ0n) is 20.5. The number of rotatable bonds is 13. The first kappa shape index (κ1) is 28.2. The van der Waals surface area contributed by atoms with Gasteiger partial charge < -0.3 is 10.1 Å². The molecule has 1 aliphatic carbocycles. The summed E-state index contributed by atoms with van der Waals surface area (Å²) in [5.74, 6) is 0.202. The number of carbonyl (C=O) groups excluding carboxylic acids is 1. The van der Waals surface area contributed by atoms with E-state index in [0.717, 1.165) is 81.8 Å². The molecule has 0 heterocycles. The number of ether oxygens (including phenoxy) is 1. The zero-order chi connectivity index (χ0) is 25.1. The first-order valence-corrected chi connectivity index (χ1v) is 12.5. The van der Waals surface area contributed by atoms with Gasteiger partial charge in [0.15, 0.2) is 0 Å². The van der Waals surface area contributed by atoms with Crippen LogP contribution in [0.1, 0.15) is 89.5 Å². The van der Waals surface area contributed by atoms with Gasteiger partial charge in [-0.15, -0.1) is 0 Å². The highest BCUT2D eigenvalue weighted by atomic mass is 19.4. The Balaban J connectivity index is 1.69.